The number of imidazole rings is 1. The average molecular weight is 399 g/mol. The number of fused-ring (bicyclic) bond motifs is 1. The highest BCUT2D eigenvalue weighted by atomic mass is 19.1. The summed E-state index contributed by atoms with van der Waals surface area (Å²) >= 11 is 0. The second kappa shape index (κ2) is 7.40. The van der Waals surface area contributed by atoms with Gasteiger partial charge in [-0.15, -0.1) is 15.3 Å². The summed E-state index contributed by atoms with van der Waals surface area (Å²) in [5, 5.41) is 16.3. The van der Waals surface area contributed by atoms with Crippen molar-refractivity contribution in [3.63, 3.8) is 0 Å². The molecule has 0 saturated heterocycles. The SMILES string of the molecule is Cc1nccn1-c1ccc(CNc2ccc3nnc(-c4ccccc4)n3n2)cc1F. The van der Waals surface area contributed by atoms with Crippen LogP contribution >= 0.6 is 0 Å². The molecule has 3 heterocycles. The van der Waals surface area contributed by atoms with E-state index < -0.39 is 0 Å². The van der Waals surface area contributed by atoms with Gasteiger partial charge in [0.15, 0.2) is 11.5 Å². The summed E-state index contributed by atoms with van der Waals surface area (Å²) in [7, 11) is 0. The first-order valence-corrected chi connectivity index (χ1v) is 9.49. The lowest BCUT2D eigenvalue weighted by molar-refractivity contribution is 0.614. The van der Waals surface area contributed by atoms with Crippen LogP contribution in [0.2, 0.25) is 0 Å². The fraction of sp³-hybridized carbons (Fsp3) is 0.0909. The summed E-state index contributed by atoms with van der Waals surface area (Å²) in [5.41, 5.74) is 2.88. The van der Waals surface area contributed by atoms with Gasteiger partial charge in [-0.2, -0.15) is 4.52 Å². The summed E-state index contributed by atoms with van der Waals surface area (Å²) < 4.78 is 18.0. The van der Waals surface area contributed by atoms with Crippen LogP contribution in [-0.2, 0) is 6.54 Å². The van der Waals surface area contributed by atoms with Crippen LogP contribution in [0.1, 0.15) is 11.4 Å². The Morgan fingerprint density at radius 1 is 1.00 bits per heavy atom. The van der Waals surface area contributed by atoms with Gasteiger partial charge >= 0.3 is 0 Å². The van der Waals surface area contributed by atoms with E-state index in [1.165, 1.54) is 6.07 Å². The Morgan fingerprint density at radius 2 is 1.87 bits per heavy atom. The predicted octanol–water partition coefficient (Wildman–Crippen LogP) is 4.04. The number of hydrogen-bond acceptors (Lipinski definition) is 5. The van der Waals surface area contributed by atoms with Crippen LogP contribution in [0.4, 0.5) is 10.2 Å². The maximum Gasteiger partial charge on any atom is 0.185 e. The van der Waals surface area contributed by atoms with Gasteiger partial charge in [0.1, 0.15) is 17.5 Å². The molecular formula is C22H18FN7. The summed E-state index contributed by atoms with van der Waals surface area (Å²) in [6, 6.07) is 18.6. The highest BCUT2D eigenvalue weighted by molar-refractivity contribution is 5.59. The van der Waals surface area contributed by atoms with Crippen molar-refractivity contribution in [2.45, 2.75) is 13.5 Å². The van der Waals surface area contributed by atoms with Gasteiger partial charge in [0.2, 0.25) is 0 Å². The molecule has 0 aliphatic carbocycles. The molecule has 0 amide bonds. The number of nitrogens with one attached hydrogen (secondary N) is 1. The fourth-order valence-electron chi connectivity index (χ4n) is 3.33. The standard InChI is InChI=1S/C22H18FN7/c1-15-24-11-12-29(15)19-8-7-16(13-18(19)23)14-25-20-9-10-21-26-27-22(30(21)28-20)17-5-3-2-4-6-17/h2-13H,14H2,1H3,(H,25,28). The van der Waals surface area contributed by atoms with E-state index >= 15 is 0 Å². The number of aromatic nitrogens is 6. The zero-order valence-electron chi connectivity index (χ0n) is 16.2. The number of rotatable bonds is 5. The third kappa shape index (κ3) is 3.28. The van der Waals surface area contributed by atoms with Crippen molar-refractivity contribution in [2.75, 3.05) is 5.32 Å². The Balaban J connectivity index is 1.38. The lowest BCUT2D eigenvalue weighted by Crippen LogP contribution is -2.06. The molecule has 0 unspecified atom stereocenters. The van der Waals surface area contributed by atoms with Gasteiger partial charge in [0, 0.05) is 24.5 Å². The first kappa shape index (κ1) is 18.0. The molecule has 0 aliphatic rings. The summed E-state index contributed by atoms with van der Waals surface area (Å²) in [6.07, 6.45) is 3.40. The third-order valence-electron chi connectivity index (χ3n) is 4.87. The summed E-state index contributed by atoms with van der Waals surface area (Å²) in [5.74, 6) is 1.75. The van der Waals surface area contributed by atoms with Crippen molar-refractivity contribution >= 4 is 11.5 Å². The minimum absolute atomic E-state index is 0.302. The van der Waals surface area contributed by atoms with Crippen LogP contribution in [0.15, 0.2) is 73.1 Å². The molecule has 0 bridgehead atoms. The predicted molar refractivity (Wildman–Crippen MR) is 112 cm³/mol. The molecule has 0 atom stereocenters. The molecule has 30 heavy (non-hydrogen) atoms. The molecule has 1 N–H and O–H groups in total. The van der Waals surface area contributed by atoms with Crippen LogP contribution in [0.5, 0.6) is 0 Å². The lowest BCUT2D eigenvalue weighted by Gasteiger charge is -2.10. The molecule has 0 aliphatic heterocycles. The smallest absolute Gasteiger partial charge is 0.185 e. The maximum absolute atomic E-state index is 14.6. The van der Waals surface area contributed by atoms with E-state index in [1.54, 1.807) is 27.5 Å². The Morgan fingerprint density at radius 3 is 2.63 bits per heavy atom. The van der Waals surface area contributed by atoms with E-state index in [4.69, 9.17) is 0 Å². The summed E-state index contributed by atoms with van der Waals surface area (Å²) in [4.78, 5) is 4.15. The van der Waals surface area contributed by atoms with E-state index in [9.17, 15) is 4.39 Å². The molecule has 148 valence electrons. The molecule has 0 fully saturated rings. The van der Waals surface area contributed by atoms with Crippen molar-refractivity contribution in [1.82, 2.24) is 29.4 Å². The Bertz CT molecular complexity index is 1320. The topological polar surface area (TPSA) is 72.9 Å². The van der Waals surface area contributed by atoms with Crippen molar-refractivity contribution in [2.24, 2.45) is 0 Å². The molecule has 8 heteroatoms. The van der Waals surface area contributed by atoms with Gasteiger partial charge in [-0.25, -0.2) is 9.37 Å². The van der Waals surface area contributed by atoms with Crippen molar-refractivity contribution in [3.05, 3.63) is 90.3 Å². The Hall–Kier alpha value is -4.07. The van der Waals surface area contributed by atoms with Crippen LogP contribution in [0.3, 0.4) is 0 Å². The average Bonchev–Trinajstić information content (AvgIpc) is 3.39. The number of nitrogens with zero attached hydrogens (tertiary/aromatic N) is 6. The highest BCUT2D eigenvalue weighted by Crippen LogP contribution is 2.20. The van der Waals surface area contributed by atoms with Crippen LogP contribution in [-0.4, -0.2) is 29.4 Å². The van der Waals surface area contributed by atoms with E-state index in [2.05, 4.69) is 25.6 Å². The second-order valence-corrected chi connectivity index (χ2v) is 6.86. The molecule has 0 spiro atoms. The molecule has 2 aromatic carbocycles. The maximum atomic E-state index is 14.6. The first-order chi connectivity index (χ1) is 14.7. The molecule has 0 saturated carbocycles. The monoisotopic (exact) mass is 399 g/mol. The molecule has 5 aromatic rings. The first-order valence-electron chi connectivity index (χ1n) is 9.49. The van der Waals surface area contributed by atoms with Crippen molar-refractivity contribution in [1.29, 1.82) is 0 Å². The van der Waals surface area contributed by atoms with E-state index in [0.717, 1.165) is 17.0 Å². The lowest BCUT2D eigenvalue weighted by atomic mass is 10.2. The second-order valence-electron chi connectivity index (χ2n) is 6.86. The molecular weight excluding hydrogens is 381 g/mol. The van der Waals surface area contributed by atoms with Gasteiger partial charge in [0.25, 0.3) is 0 Å². The normalized spacial score (nSPS) is 11.1. The van der Waals surface area contributed by atoms with Crippen molar-refractivity contribution in [3.8, 4) is 17.1 Å². The fourth-order valence-corrected chi connectivity index (χ4v) is 3.33. The highest BCUT2D eigenvalue weighted by Gasteiger charge is 2.11. The zero-order valence-corrected chi connectivity index (χ0v) is 16.2. The van der Waals surface area contributed by atoms with Crippen LogP contribution in [0, 0.1) is 12.7 Å². The minimum Gasteiger partial charge on any atom is -0.365 e. The van der Waals surface area contributed by atoms with Crippen LogP contribution in [0.25, 0.3) is 22.7 Å². The number of aryl methyl sites for hydroxylation is 1. The Kier molecular flexibility index (Phi) is 4.44. The van der Waals surface area contributed by atoms with E-state index in [1.807, 2.05) is 55.5 Å². The van der Waals surface area contributed by atoms with Crippen LogP contribution < -0.4 is 5.32 Å². The van der Waals surface area contributed by atoms with Gasteiger partial charge in [-0.3, -0.25) is 0 Å². The quantitative estimate of drug-likeness (QED) is 0.483. The minimum atomic E-state index is -0.302. The number of hydrogen-bond donors (Lipinski definition) is 1. The van der Waals surface area contributed by atoms with Gasteiger partial charge in [-0.1, -0.05) is 36.4 Å². The largest absolute Gasteiger partial charge is 0.365 e. The number of anilines is 1. The van der Waals surface area contributed by atoms with Gasteiger partial charge < -0.3 is 9.88 Å². The Labute approximate surface area is 171 Å². The molecule has 7 nitrogen and oxygen atoms in total. The molecule has 0 radical (unpaired) electrons. The van der Waals surface area contributed by atoms with Gasteiger partial charge in [0.05, 0.1) is 5.69 Å². The van der Waals surface area contributed by atoms with E-state index in [0.29, 0.717) is 29.5 Å². The number of benzene rings is 2. The molecule has 3 aromatic heterocycles. The number of halogens is 1. The summed E-state index contributed by atoms with van der Waals surface area (Å²) in [6.45, 7) is 2.27. The van der Waals surface area contributed by atoms with Crippen molar-refractivity contribution < 1.29 is 4.39 Å². The zero-order chi connectivity index (χ0) is 20.5. The van der Waals surface area contributed by atoms with Gasteiger partial charge in [-0.05, 0) is 36.8 Å². The third-order valence-corrected chi connectivity index (χ3v) is 4.87. The van der Waals surface area contributed by atoms with E-state index in [-0.39, 0.29) is 5.82 Å². The molecule has 5 rings (SSSR count).